The summed E-state index contributed by atoms with van der Waals surface area (Å²) in [5.41, 5.74) is 0.843. The summed E-state index contributed by atoms with van der Waals surface area (Å²) < 4.78 is 12.3. The zero-order valence-corrected chi connectivity index (χ0v) is 13.3. The highest BCUT2D eigenvalue weighted by molar-refractivity contribution is 7.99. The molecule has 3 rings (SSSR count). The fraction of sp³-hybridized carbons (Fsp3) is 0.533. The number of aromatic nitrogens is 3. The Balaban J connectivity index is 1.77. The lowest BCUT2D eigenvalue weighted by Crippen LogP contribution is -2.19. The van der Waals surface area contributed by atoms with E-state index in [1.54, 1.807) is 18.0 Å². The van der Waals surface area contributed by atoms with E-state index in [0.717, 1.165) is 41.8 Å². The highest BCUT2D eigenvalue weighted by Gasteiger charge is 2.20. The van der Waals surface area contributed by atoms with E-state index in [4.69, 9.17) is 4.74 Å². The first-order valence-corrected chi connectivity index (χ1v) is 8.41. The lowest BCUT2D eigenvalue weighted by Gasteiger charge is -2.23. The van der Waals surface area contributed by atoms with Crippen LogP contribution in [-0.2, 0) is 14.3 Å². The number of hydrogen-bond donors (Lipinski definition) is 0. The molecule has 0 N–H and O–H groups in total. The van der Waals surface area contributed by atoms with Crippen molar-refractivity contribution in [1.29, 1.82) is 0 Å². The molecule has 0 aromatic carbocycles. The zero-order chi connectivity index (χ0) is 15.4. The average Bonchev–Trinajstić information content (AvgIpc) is 3.00. The number of carbonyl (C=O) groups excluding carboxylic acids is 1. The largest absolute Gasteiger partial charge is 0.469 e. The van der Waals surface area contributed by atoms with Crippen LogP contribution < -0.4 is 0 Å². The van der Waals surface area contributed by atoms with E-state index >= 15 is 0 Å². The standard InChI is InChI=1S/C15H19N3O3S/c1-20-14(19)6-9-22-12-5-7-16-15-11(12)10-17-18(15)13-4-2-3-8-21-13/h5,7,10,13H,2-4,6,8-9H2,1H3. The molecule has 1 unspecified atom stereocenters. The number of methoxy groups -OCH3 is 1. The van der Waals surface area contributed by atoms with E-state index in [9.17, 15) is 4.79 Å². The van der Waals surface area contributed by atoms with Crippen LogP contribution in [0.3, 0.4) is 0 Å². The van der Waals surface area contributed by atoms with Gasteiger partial charge in [0.15, 0.2) is 11.9 Å². The zero-order valence-electron chi connectivity index (χ0n) is 12.5. The first-order valence-electron chi connectivity index (χ1n) is 7.43. The fourth-order valence-electron chi connectivity index (χ4n) is 2.52. The highest BCUT2D eigenvalue weighted by Crippen LogP contribution is 2.30. The minimum Gasteiger partial charge on any atom is -0.469 e. The van der Waals surface area contributed by atoms with Crippen LogP contribution in [-0.4, -0.2) is 40.2 Å². The minimum absolute atomic E-state index is 0.0194. The first kappa shape index (κ1) is 15.3. The fourth-order valence-corrected chi connectivity index (χ4v) is 3.47. The Bertz CT molecular complexity index is 653. The molecular formula is C15H19N3O3S. The molecule has 22 heavy (non-hydrogen) atoms. The van der Waals surface area contributed by atoms with Crippen LogP contribution in [0.1, 0.15) is 31.9 Å². The van der Waals surface area contributed by atoms with Crippen molar-refractivity contribution in [3.05, 3.63) is 18.5 Å². The molecule has 0 amide bonds. The van der Waals surface area contributed by atoms with Crippen molar-refractivity contribution in [3.8, 4) is 0 Å². The maximum Gasteiger partial charge on any atom is 0.306 e. The first-order chi connectivity index (χ1) is 10.8. The van der Waals surface area contributed by atoms with Gasteiger partial charge in [-0.3, -0.25) is 4.79 Å². The third-order valence-electron chi connectivity index (χ3n) is 3.68. The summed E-state index contributed by atoms with van der Waals surface area (Å²) in [6, 6.07) is 1.96. The van der Waals surface area contributed by atoms with E-state index < -0.39 is 0 Å². The van der Waals surface area contributed by atoms with Crippen molar-refractivity contribution >= 4 is 28.8 Å². The number of esters is 1. The Hall–Kier alpha value is -1.60. The molecule has 0 saturated carbocycles. The number of rotatable bonds is 5. The summed E-state index contributed by atoms with van der Waals surface area (Å²) >= 11 is 1.62. The number of thioether (sulfide) groups is 1. The van der Waals surface area contributed by atoms with Gasteiger partial charge in [-0.2, -0.15) is 5.10 Å². The molecule has 118 valence electrons. The van der Waals surface area contributed by atoms with Crippen LogP contribution in [0.25, 0.3) is 11.0 Å². The molecule has 6 nitrogen and oxygen atoms in total. The molecule has 1 saturated heterocycles. The van der Waals surface area contributed by atoms with Gasteiger partial charge in [-0.25, -0.2) is 9.67 Å². The van der Waals surface area contributed by atoms with Gasteiger partial charge in [0.05, 0.1) is 25.1 Å². The van der Waals surface area contributed by atoms with Crippen LogP contribution in [0.2, 0.25) is 0 Å². The maximum absolute atomic E-state index is 11.2. The van der Waals surface area contributed by atoms with Gasteiger partial charge in [0.1, 0.15) is 0 Å². The smallest absolute Gasteiger partial charge is 0.306 e. The van der Waals surface area contributed by atoms with E-state index in [-0.39, 0.29) is 12.2 Å². The van der Waals surface area contributed by atoms with Gasteiger partial charge >= 0.3 is 5.97 Å². The van der Waals surface area contributed by atoms with Crippen molar-refractivity contribution in [2.24, 2.45) is 0 Å². The Kier molecular flexibility index (Phi) is 4.94. The SMILES string of the molecule is COC(=O)CCSc1ccnc2c1cnn2C1CCCCO1. The van der Waals surface area contributed by atoms with E-state index in [1.165, 1.54) is 7.11 Å². The Morgan fingerprint density at radius 1 is 1.55 bits per heavy atom. The number of hydrogen-bond acceptors (Lipinski definition) is 6. The van der Waals surface area contributed by atoms with Crippen molar-refractivity contribution < 1.29 is 14.3 Å². The Labute approximate surface area is 133 Å². The lowest BCUT2D eigenvalue weighted by atomic mass is 10.2. The summed E-state index contributed by atoms with van der Waals surface area (Å²) in [7, 11) is 1.41. The molecule has 1 aliphatic heterocycles. The van der Waals surface area contributed by atoms with Crippen LogP contribution in [0.4, 0.5) is 0 Å². The Morgan fingerprint density at radius 3 is 3.23 bits per heavy atom. The maximum atomic E-state index is 11.2. The molecule has 0 spiro atoms. The van der Waals surface area contributed by atoms with Gasteiger partial charge in [0, 0.05) is 23.5 Å². The molecule has 2 aromatic rings. The van der Waals surface area contributed by atoms with Crippen molar-refractivity contribution in [2.45, 2.75) is 36.8 Å². The van der Waals surface area contributed by atoms with Crippen molar-refractivity contribution in [2.75, 3.05) is 19.5 Å². The summed E-state index contributed by atoms with van der Waals surface area (Å²) in [6.45, 7) is 0.777. The molecule has 0 aliphatic carbocycles. The van der Waals surface area contributed by atoms with Crippen LogP contribution in [0.5, 0.6) is 0 Å². The van der Waals surface area contributed by atoms with Gasteiger partial charge in [-0.05, 0) is 25.3 Å². The van der Waals surface area contributed by atoms with Crippen LogP contribution in [0.15, 0.2) is 23.4 Å². The Morgan fingerprint density at radius 2 is 2.45 bits per heavy atom. The molecule has 1 atom stereocenters. The van der Waals surface area contributed by atoms with Gasteiger partial charge in [-0.15, -0.1) is 11.8 Å². The third kappa shape index (κ3) is 3.25. The minimum atomic E-state index is -0.191. The lowest BCUT2D eigenvalue weighted by molar-refractivity contribution is -0.140. The molecule has 1 fully saturated rings. The van der Waals surface area contributed by atoms with E-state index in [0.29, 0.717) is 12.2 Å². The van der Waals surface area contributed by atoms with Gasteiger partial charge < -0.3 is 9.47 Å². The number of nitrogens with zero attached hydrogens (tertiary/aromatic N) is 3. The van der Waals surface area contributed by atoms with Gasteiger partial charge in [0.25, 0.3) is 0 Å². The molecular weight excluding hydrogens is 302 g/mol. The second-order valence-electron chi connectivity index (χ2n) is 5.13. The highest BCUT2D eigenvalue weighted by atomic mass is 32.2. The monoisotopic (exact) mass is 321 g/mol. The van der Waals surface area contributed by atoms with E-state index in [1.807, 2.05) is 16.9 Å². The topological polar surface area (TPSA) is 66.2 Å². The molecule has 7 heteroatoms. The summed E-state index contributed by atoms with van der Waals surface area (Å²) in [4.78, 5) is 16.7. The normalized spacial score (nSPS) is 18.5. The predicted molar refractivity (Wildman–Crippen MR) is 83.7 cm³/mol. The summed E-state index contributed by atoms with van der Waals surface area (Å²) in [6.07, 6.45) is 7.22. The summed E-state index contributed by atoms with van der Waals surface area (Å²) in [5.74, 6) is 0.487. The molecule has 1 aliphatic rings. The van der Waals surface area contributed by atoms with Gasteiger partial charge in [-0.1, -0.05) is 0 Å². The molecule has 0 bridgehead atoms. The number of pyridine rings is 1. The average molecular weight is 321 g/mol. The molecule has 3 heterocycles. The molecule has 2 aromatic heterocycles. The second-order valence-corrected chi connectivity index (χ2v) is 6.27. The predicted octanol–water partition coefficient (Wildman–Crippen LogP) is 2.79. The quantitative estimate of drug-likeness (QED) is 0.623. The van der Waals surface area contributed by atoms with E-state index in [2.05, 4.69) is 14.8 Å². The van der Waals surface area contributed by atoms with Crippen molar-refractivity contribution in [1.82, 2.24) is 14.8 Å². The number of carbonyl (C=O) groups is 1. The second kappa shape index (κ2) is 7.11. The van der Waals surface area contributed by atoms with Crippen LogP contribution >= 0.6 is 11.8 Å². The number of fused-ring (bicyclic) bond motifs is 1. The van der Waals surface area contributed by atoms with Gasteiger partial charge in [0.2, 0.25) is 0 Å². The number of ether oxygens (including phenoxy) is 2. The van der Waals surface area contributed by atoms with Crippen LogP contribution in [0, 0.1) is 0 Å². The summed E-state index contributed by atoms with van der Waals surface area (Å²) in [5, 5.41) is 5.47. The third-order valence-corrected chi connectivity index (χ3v) is 4.75. The molecule has 0 radical (unpaired) electrons. The van der Waals surface area contributed by atoms with Crippen molar-refractivity contribution in [3.63, 3.8) is 0 Å².